The van der Waals surface area contributed by atoms with Gasteiger partial charge in [0.15, 0.2) is 0 Å². The van der Waals surface area contributed by atoms with Gasteiger partial charge in [-0.05, 0) is 89.0 Å². The third kappa shape index (κ3) is 2.14. The molecule has 0 N–H and O–H groups in total. The number of fused-ring (bicyclic) bond motifs is 5. The maximum Gasteiger partial charge on any atom is -0.0175 e. The molecule has 1 saturated carbocycles. The Labute approximate surface area is 155 Å². The normalized spacial score (nSPS) is 26.3. The van der Waals surface area contributed by atoms with Gasteiger partial charge in [-0.15, -0.1) is 0 Å². The first-order valence-electron chi connectivity index (χ1n) is 10.1. The number of allylic oxidation sites excluding steroid dienone is 2. The van der Waals surface area contributed by atoms with Crippen LogP contribution < -0.4 is 0 Å². The average Bonchev–Trinajstić information content (AvgIpc) is 3.28. The number of benzene rings is 3. The summed E-state index contributed by atoms with van der Waals surface area (Å²) in [6, 6.07) is 22.7. The van der Waals surface area contributed by atoms with Crippen molar-refractivity contribution in [3.05, 3.63) is 83.4 Å². The van der Waals surface area contributed by atoms with Crippen LogP contribution in [-0.2, 0) is 12.8 Å². The molecule has 2 unspecified atom stereocenters. The fourth-order valence-corrected chi connectivity index (χ4v) is 5.95. The largest absolute Gasteiger partial charge is 0.0850 e. The first kappa shape index (κ1) is 14.8. The number of hydrogen-bond donors (Lipinski definition) is 0. The molecule has 128 valence electrons. The van der Waals surface area contributed by atoms with Gasteiger partial charge >= 0.3 is 0 Å². The van der Waals surface area contributed by atoms with Gasteiger partial charge in [0.05, 0.1) is 0 Å². The van der Waals surface area contributed by atoms with Crippen LogP contribution in [0.3, 0.4) is 0 Å². The molecule has 26 heavy (non-hydrogen) atoms. The molecular weight excluding hydrogens is 312 g/mol. The summed E-state index contributed by atoms with van der Waals surface area (Å²) in [5, 5.41) is 2.81. The van der Waals surface area contributed by atoms with Crippen LogP contribution in [0.25, 0.3) is 21.9 Å². The highest BCUT2D eigenvalue weighted by molar-refractivity contribution is 5.88. The van der Waals surface area contributed by atoms with Crippen molar-refractivity contribution in [2.45, 2.75) is 38.5 Å². The lowest BCUT2D eigenvalue weighted by molar-refractivity contribution is 0.169. The maximum atomic E-state index is 2.53. The topological polar surface area (TPSA) is 0 Å². The Hall–Kier alpha value is -2.34. The van der Waals surface area contributed by atoms with Crippen molar-refractivity contribution >= 4 is 10.8 Å². The molecule has 2 bridgehead atoms. The SMILES string of the molecule is C1=C2CC(C1)C1(CCc3cc4ccc(-c5ccccc5)cc4cc3C1)C2. The second kappa shape index (κ2) is 5.33. The van der Waals surface area contributed by atoms with Gasteiger partial charge in [-0.25, -0.2) is 0 Å². The first-order chi connectivity index (χ1) is 12.8. The molecule has 2 atom stereocenters. The fourth-order valence-electron chi connectivity index (χ4n) is 5.95. The molecule has 0 nitrogen and oxygen atoms in total. The smallest absolute Gasteiger partial charge is 0.0175 e. The van der Waals surface area contributed by atoms with E-state index in [-0.39, 0.29) is 0 Å². The standard InChI is InChI=1S/C26H24/c1-2-4-19(5-3-1)20-7-8-21-13-22-10-11-26(16-18-6-9-25(26)12-18)17-24(22)15-23(21)14-20/h1-8,13-15,25H,9-12,16-17H2. The molecule has 0 radical (unpaired) electrons. The molecule has 0 aliphatic heterocycles. The molecule has 0 heteroatoms. The van der Waals surface area contributed by atoms with Gasteiger partial charge in [-0.1, -0.05) is 66.2 Å². The van der Waals surface area contributed by atoms with E-state index in [1.807, 2.05) is 0 Å². The molecular formula is C26H24. The van der Waals surface area contributed by atoms with Crippen LogP contribution in [-0.4, -0.2) is 0 Å². The van der Waals surface area contributed by atoms with Gasteiger partial charge in [0.1, 0.15) is 0 Å². The minimum atomic E-state index is 0.585. The summed E-state index contributed by atoms with van der Waals surface area (Å²) in [4.78, 5) is 0. The first-order valence-corrected chi connectivity index (χ1v) is 10.1. The number of hydrogen-bond acceptors (Lipinski definition) is 0. The average molecular weight is 336 g/mol. The Bertz CT molecular complexity index is 1040. The maximum absolute atomic E-state index is 2.53. The van der Waals surface area contributed by atoms with Crippen LogP contribution in [0, 0.1) is 11.3 Å². The van der Waals surface area contributed by atoms with Crippen molar-refractivity contribution in [2.24, 2.45) is 11.3 Å². The van der Waals surface area contributed by atoms with Gasteiger partial charge in [0.2, 0.25) is 0 Å². The van der Waals surface area contributed by atoms with E-state index in [9.17, 15) is 0 Å². The van der Waals surface area contributed by atoms with Crippen LogP contribution in [0.15, 0.2) is 72.3 Å². The highest BCUT2D eigenvalue weighted by Crippen LogP contribution is 2.58. The number of aryl methyl sites for hydroxylation is 1. The van der Waals surface area contributed by atoms with Crippen molar-refractivity contribution in [3.8, 4) is 11.1 Å². The lowest BCUT2D eigenvalue weighted by atomic mass is 9.64. The van der Waals surface area contributed by atoms with Gasteiger partial charge in [-0.3, -0.25) is 0 Å². The predicted octanol–water partition coefficient (Wildman–Crippen LogP) is 6.72. The third-order valence-electron chi connectivity index (χ3n) is 7.35. The number of rotatable bonds is 1. The molecule has 0 amide bonds. The van der Waals surface area contributed by atoms with Crippen molar-refractivity contribution < 1.29 is 0 Å². The molecule has 3 aliphatic rings. The zero-order chi connectivity index (χ0) is 17.1. The Morgan fingerprint density at radius 1 is 0.769 bits per heavy atom. The van der Waals surface area contributed by atoms with Gasteiger partial charge in [0, 0.05) is 0 Å². The van der Waals surface area contributed by atoms with Crippen molar-refractivity contribution in [2.75, 3.05) is 0 Å². The zero-order valence-corrected chi connectivity index (χ0v) is 15.2. The summed E-state index contributed by atoms with van der Waals surface area (Å²) in [6.45, 7) is 0. The summed E-state index contributed by atoms with van der Waals surface area (Å²) in [5.74, 6) is 0.928. The Kier molecular flexibility index (Phi) is 3.03. The second-order valence-electron chi connectivity index (χ2n) is 8.76. The summed E-state index contributed by atoms with van der Waals surface area (Å²) < 4.78 is 0. The summed E-state index contributed by atoms with van der Waals surface area (Å²) >= 11 is 0. The zero-order valence-electron chi connectivity index (χ0n) is 15.2. The summed E-state index contributed by atoms with van der Waals surface area (Å²) in [6.07, 6.45) is 10.6. The lowest BCUT2D eigenvalue weighted by Gasteiger charge is -2.40. The van der Waals surface area contributed by atoms with Gasteiger partial charge < -0.3 is 0 Å². The van der Waals surface area contributed by atoms with E-state index < -0.39 is 0 Å². The van der Waals surface area contributed by atoms with E-state index in [1.165, 1.54) is 60.4 Å². The molecule has 1 fully saturated rings. The van der Waals surface area contributed by atoms with Crippen molar-refractivity contribution in [1.29, 1.82) is 0 Å². The van der Waals surface area contributed by atoms with Crippen LogP contribution in [0.4, 0.5) is 0 Å². The molecule has 0 saturated heterocycles. The summed E-state index contributed by atoms with van der Waals surface area (Å²) in [5.41, 5.74) is 8.21. The van der Waals surface area contributed by atoms with Gasteiger partial charge in [-0.2, -0.15) is 0 Å². The predicted molar refractivity (Wildman–Crippen MR) is 109 cm³/mol. The third-order valence-corrected chi connectivity index (χ3v) is 7.35. The highest BCUT2D eigenvalue weighted by atomic mass is 14.5. The molecule has 3 aliphatic carbocycles. The lowest BCUT2D eigenvalue weighted by Crippen LogP contribution is -2.33. The Morgan fingerprint density at radius 3 is 2.46 bits per heavy atom. The van der Waals surface area contributed by atoms with Gasteiger partial charge in [0.25, 0.3) is 0 Å². The van der Waals surface area contributed by atoms with Crippen LogP contribution >= 0.6 is 0 Å². The molecule has 0 heterocycles. The van der Waals surface area contributed by atoms with Crippen molar-refractivity contribution in [3.63, 3.8) is 0 Å². The Balaban J connectivity index is 1.43. The molecule has 3 aromatic carbocycles. The minimum Gasteiger partial charge on any atom is -0.0850 e. The van der Waals surface area contributed by atoms with E-state index in [1.54, 1.807) is 16.7 Å². The fraction of sp³-hybridized carbons (Fsp3) is 0.308. The summed E-state index contributed by atoms with van der Waals surface area (Å²) in [7, 11) is 0. The monoisotopic (exact) mass is 336 g/mol. The molecule has 6 rings (SSSR count). The molecule has 1 spiro atoms. The van der Waals surface area contributed by atoms with Crippen LogP contribution in [0.1, 0.15) is 36.8 Å². The second-order valence-corrected chi connectivity index (χ2v) is 8.76. The van der Waals surface area contributed by atoms with Crippen LogP contribution in [0.2, 0.25) is 0 Å². The van der Waals surface area contributed by atoms with E-state index >= 15 is 0 Å². The van der Waals surface area contributed by atoms with E-state index in [4.69, 9.17) is 0 Å². The highest BCUT2D eigenvalue weighted by Gasteiger charge is 2.48. The van der Waals surface area contributed by atoms with E-state index in [2.05, 4.69) is 66.7 Å². The van der Waals surface area contributed by atoms with Crippen molar-refractivity contribution in [1.82, 2.24) is 0 Å². The van der Waals surface area contributed by atoms with E-state index in [0.29, 0.717) is 5.41 Å². The van der Waals surface area contributed by atoms with Crippen LogP contribution in [0.5, 0.6) is 0 Å². The minimum absolute atomic E-state index is 0.585. The molecule has 0 aromatic heterocycles. The molecule has 3 aromatic rings. The Morgan fingerprint density at radius 2 is 1.65 bits per heavy atom. The van der Waals surface area contributed by atoms with E-state index in [0.717, 1.165) is 5.92 Å². The quantitative estimate of drug-likeness (QED) is 0.433.